The van der Waals surface area contributed by atoms with E-state index in [0.29, 0.717) is 0 Å². The first-order valence-electron chi connectivity index (χ1n) is 6.99. The van der Waals surface area contributed by atoms with E-state index < -0.39 is 0 Å². The van der Waals surface area contributed by atoms with E-state index in [4.69, 9.17) is 5.73 Å². The standard InChI is InChI=1S/C17H20N2O2/c1-21-17(20)10-16(18)15-9-14(11-19-12-15)8-7-13-5-3-2-4-6-13/h2-6,9,11-12,16H,7-8,10,18H2,1H3/t16-/m0/s1. The quantitative estimate of drug-likeness (QED) is 0.827. The minimum absolute atomic E-state index is 0.167. The van der Waals surface area contributed by atoms with Crippen LogP contribution in [-0.4, -0.2) is 18.1 Å². The van der Waals surface area contributed by atoms with Gasteiger partial charge in [0.15, 0.2) is 0 Å². The molecule has 21 heavy (non-hydrogen) atoms. The van der Waals surface area contributed by atoms with Crippen molar-refractivity contribution in [1.82, 2.24) is 4.98 Å². The molecule has 0 saturated carbocycles. The second kappa shape index (κ2) is 7.55. The molecule has 0 bridgehead atoms. The van der Waals surface area contributed by atoms with Crippen molar-refractivity contribution < 1.29 is 9.53 Å². The van der Waals surface area contributed by atoms with Crippen LogP contribution in [0, 0.1) is 0 Å². The number of methoxy groups -OCH3 is 1. The largest absolute Gasteiger partial charge is 0.469 e. The maximum atomic E-state index is 11.3. The van der Waals surface area contributed by atoms with Gasteiger partial charge in [0.2, 0.25) is 0 Å². The SMILES string of the molecule is COC(=O)C[C@H](N)c1cncc(CCc2ccccc2)c1. The number of aryl methyl sites for hydroxylation is 2. The summed E-state index contributed by atoms with van der Waals surface area (Å²) in [6.07, 6.45) is 5.57. The van der Waals surface area contributed by atoms with Crippen molar-refractivity contribution in [2.24, 2.45) is 5.73 Å². The topological polar surface area (TPSA) is 65.2 Å². The predicted octanol–water partition coefficient (Wildman–Crippen LogP) is 2.43. The number of benzene rings is 1. The lowest BCUT2D eigenvalue weighted by atomic mass is 10.0. The van der Waals surface area contributed by atoms with Gasteiger partial charge in [-0.15, -0.1) is 0 Å². The molecule has 2 rings (SSSR count). The van der Waals surface area contributed by atoms with Crippen molar-refractivity contribution >= 4 is 5.97 Å². The Balaban J connectivity index is 1.99. The number of nitrogens with two attached hydrogens (primary N) is 1. The minimum atomic E-state index is -0.373. The smallest absolute Gasteiger partial charge is 0.307 e. The number of hydrogen-bond acceptors (Lipinski definition) is 4. The zero-order chi connectivity index (χ0) is 15.1. The van der Waals surface area contributed by atoms with E-state index in [1.807, 2.05) is 30.5 Å². The molecule has 0 aliphatic rings. The first-order valence-corrected chi connectivity index (χ1v) is 6.99. The molecule has 1 aromatic heterocycles. The molecule has 0 aliphatic carbocycles. The normalized spacial score (nSPS) is 11.9. The van der Waals surface area contributed by atoms with Crippen LogP contribution in [0.15, 0.2) is 48.8 Å². The summed E-state index contributed by atoms with van der Waals surface area (Å²) in [6, 6.07) is 12.0. The molecule has 0 radical (unpaired) electrons. The van der Waals surface area contributed by atoms with Crippen molar-refractivity contribution in [1.29, 1.82) is 0 Å². The second-order valence-electron chi connectivity index (χ2n) is 5.00. The Morgan fingerprint density at radius 2 is 1.90 bits per heavy atom. The molecule has 1 atom stereocenters. The van der Waals surface area contributed by atoms with E-state index in [-0.39, 0.29) is 18.4 Å². The molecule has 1 aromatic carbocycles. The van der Waals surface area contributed by atoms with Gasteiger partial charge in [0.05, 0.1) is 13.5 Å². The van der Waals surface area contributed by atoms with Gasteiger partial charge in [0, 0.05) is 18.4 Å². The number of nitrogens with zero attached hydrogens (tertiary/aromatic N) is 1. The van der Waals surface area contributed by atoms with E-state index >= 15 is 0 Å². The van der Waals surface area contributed by atoms with Crippen LogP contribution >= 0.6 is 0 Å². The third-order valence-corrected chi connectivity index (χ3v) is 3.40. The van der Waals surface area contributed by atoms with Crippen LogP contribution in [0.3, 0.4) is 0 Å². The Morgan fingerprint density at radius 1 is 1.19 bits per heavy atom. The molecule has 4 nitrogen and oxygen atoms in total. The number of pyridine rings is 1. The molecule has 1 heterocycles. The predicted molar refractivity (Wildman–Crippen MR) is 81.6 cm³/mol. The molecular formula is C17H20N2O2. The summed E-state index contributed by atoms with van der Waals surface area (Å²) in [7, 11) is 1.36. The number of rotatable bonds is 6. The molecule has 0 spiro atoms. The Kier molecular flexibility index (Phi) is 5.46. The first-order chi connectivity index (χ1) is 10.2. The van der Waals surface area contributed by atoms with Gasteiger partial charge >= 0.3 is 5.97 Å². The fraction of sp³-hybridized carbons (Fsp3) is 0.294. The summed E-state index contributed by atoms with van der Waals surface area (Å²) >= 11 is 0. The Morgan fingerprint density at radius 3 is 2.62 bits per heavy atom. The lowest BCUT2D eigenvalue weighted by molar-refractivity contribution is -0.141. The fourth-order valence-corrected chi connectivity index (χ4v) is 2.16. The number of carbonyl (C=O) groups excluding carboxylic acids is 1. The summed E-state index contributed by atoms with van der Waals surface area (Å²) in [5.74, 6) is -0.308. The number of ether oxygens (including phenoxy) is 1. The Labute approximate surface area is 125 Å². The highest BCUT2D eigenvalue weighted by molar-refractivity contribution is 5.70. The summed E-state index contributed by atoms with van der Waals surface area (Å²) in [5, 5.41) is 0. The molecule has 110 valence electrons. The molecule has 0 unspecified atom stereocenters. The maximum absolute atomic E-state index is 11.3. The van der Waals surface area contributed by atoms with Crippen molar-refractivity contribution in [3.05, 3.63) is 65.5 Å². The average Bonchev–Trinajstić information content (AvgIpc) is 2.54. The van der Waals surface area contributed by atoms with Gasteiger partial charge in [-0.25, -0.2) is 0 Å². The van der Waals surface area contributed by atoms with Crippen LogP contribution in [0.1, 0.15) is 29.2 Å². The molecule has 4 heteroatoms. The van der Waals surface area contributed by atoms with Gasteiger partial charge in [0.1, 0.15) is 0 Å². The highest BCUT2D eigenvalue weighted by Gasteiger charge is 2.12. The Hall–Kier alpha value is -2.20. The highest BCUT2D eigenvalue weighted by atomic mass is 16.5. The van der Waals surface area contributed by atoms with Gasteiger partial charge in [-0.3, -0.25) is 9.78 Å². The van der Waals surface area contributed by atoms with Crippen LogP contribution < -0.4 is 5.73 Å². The molecule has 0 amide bonds. The van der Waals surface area contributed by atoms with Crippen LogP contribution in [0.4, 0.5) is 0 Å². The summed E-state index contributed by atoms with van der Waals surface area (Å²) in [5.41, 5.74) is 9.29. The first kappa shape index (κ1) is 15.2. The van der Waals surface area contributed by atoms with E-state index in [1.165, 1.54) is 12.7 Å². The third-order valence-electron chi connectivity index (χ3n) is 3.40. The lowest BCUT2D eigenvalue weighted by Crippen LogP contribution is -2.16. The molecular weight excluding hydrogens is 264 g/mol. The maximum Gasteiger partial charge on any atom is 0.307 e. The molecule has 0 saturated heterocycles. The zero-order valence-electron chi connectivity index (χ0n) is 12.2. The van der Waals surface area contributed by atoms with Gasteiger partial charge in [-0.1, -0.05) is 36.4 Å². The van der Waals surface area contributed by atoms with E-state index in [2.05, 4.69) is 21.9 Å². The van der Waals surface area contributed by atoms with E-state index in [1.54, 1.807) is 6.20 Å². The second-order valence-corrected chi connectivity index (χ2v) is 5.00. The molecule has 0 aliphatic heterocycles. The van der Waals surface area contributed by atoms with Gasteiger partial charge in [0.25, 0.3) is 0 Å². The third kappa shape index (κ3) is 4.68. The molecule has 2 N–H and O–H groups in total. The van der Waals surface area contributed by atoms with Crippen molar-refractivity contribution in [3.63, 3.8) is 0 Å². The van der Waals surface area contributed by atoms with Gasteiger partial charge in [-0.05, 0) is 29.5 Å². The number of hydrogen-bond donors (Lipinski definition) is 1. The lowest BCUT2D eigenvalue weighted by Gasteiger charge is -2.11. The van der Waals surface area contributed by atoms with Crippen LogP contribution in [0.5, 0.6) is 0 Å². The fourth-order valence-electron chi connectivity index (χ4n) is 2.16. The average molecular weight is 284 g/mol. The molecule has 2 aromatic rings. The summed E-state index contributed by atoms with van der Waals surface area (Å²) < 4.78 is 4.64. The highest BCUT2D eigenvalue weighted by Crippen LogP contribution is 2.16. The van der Waals surface area contributed by atoms with Gasteiger partial charge in [-0.2, -0.15) is 0 Å². The Bertz CT molecular complexity index is 584. The van der Waals surface area contributed by atoms with E-state index in [9.17, 15) is 4.79 Å². The van der Waals surface area contributed by atoms with Gasteiger partial charge < -0.3 is 10.5 Å². The van der Waals surface area contributed by atoms with Crippen molar-refractivity contribution in [2.45, 2.75) is 25.3 Å². The van der Waals surface area contributed by atoms with Crippen LogP contribution in [-0.2, 0) is 22.4 Å². The van der Waals surface area contributed by atoms with Crippen molar-refractivity contribution in [3.8, 4) is 0 Å². The van der Waals surface area contributed by atoms with E-state index in [0.717, 1.165) is 24.0 Å². The van der Waals surface area contributed by atoms with Crippen LogP contribution in [0.25, 0.3) is 0 Å². The van der Waals surface area contributed by atoms with Crippen LogP contribution in [0.2, 0.25) is 0 Å². The van der Waals surface area contributed by atoms with Crippen molar-refractivity contribution in [2.75, 3.05) is 7.11 Å². The number of aromatic nitrogens is 1. The minimum Gasteiger partial charge on any atom is -0.469 e. The molecule has 0 fully saturated rings. The summed E-state index contributed by atoms with van der Waals surface area (Å²) in [6.45, 7) is 0. The zero-order valence-corrected chi connectivity index (χ0v) is 12.2. The number of esters is 1. The monoisotopic (exact) mass is 284 g/mol. The summed E-state index contributed by atoms with van der Waals surface area (Å²) in [4.78, 5) is 15.5. The number of carbonyl (C=O) groups is 1.